The molecular formula is C32H33ClN2O6S. The molecule has 5 rings (SSSR count). The fourth-order valence-electron chi connectivity index (χ4n) is 5.68. The van der Waals surface area contributed by atoms with Crippen LogP contribution < -0.4 is 0 Å². The van der Waals surface area contributed by atoms with Crippen LogP contribution in [-0.2, 0) is 30.7 Å². The molecule has 1 spiro atoms. The Morgan fingerprint density at radius 1 is 1.10 bits per heavy atom. The number of hydrogen-bond acceptors (Lipinski definition) is 7. The minimum absolute atomic E-state index is 0.0557. The fraction of sp³-hybridized carbons (Fsp3) is 0.312. The zero-order valence-electron chi connectivity index (χ0n) is 23.8. The lowest BCUT2D eigenvalue weighted by molar-refractivity contribution is -0.152. The third-order valence-electron chi connectivity index (χ3n) is 7.90. The van der Waals surface area contributed by atoms with E-state index in [4.69, 9.17) is 16.3 Å². The van der Waals surface area contributed by atoms with Crippen LogP contribution in [-0.4, -0.2) is 73.7 Å². The Kier molecular flexibility index (Phi) is 8.20. The van der Waals surface area contributed by atoms with E-state index in [0.717, 1.165) is 11.8 Å². The number of halogens is 1. The number of benzene rings is 3. The molecule has 2 heterocycles. The van der Waals surface area contributed by atoms with E-state index in [2.05, 4.69) is 0 Å². The number of esters is 1. The van der Waals surface area contributed by atoms with E-state index in [1.165, 1.54) is 6.07 Å². The number of carbonyl (C=O) groups excluding carboxylic acids is 2. The van der Waals surface area contributed by atoms with Gasteiger partial charge in [-0.2, -0.15) is 0 Å². The summed E-state index contributed by atoms with van der Waals surface area (Å²) in [6, 6.07) is 19.6. The van der Waals surface area contributed by atoms with Crippen molar-refractivity contribution in [2.24, 2.45) is 0 Å². The molecular weight excluding hydrogens is 576 g/mol. The Bertz CT molecular complexity index is 1690. The molecule has 42 heavy (non-hydrogen) atoms. The van der Waals surface area contributed by atoms with Crippen LogP contribution >= 0.6 is 11.6 Å². The summed E-state index contributed by atoms with van der Waals surface area (Å²) in [5, 5.41) is 11.8. The Labute approximate surface area is 251 Å². The highest BCUT2D eigenvalue weighted by molar-refractivity contribution is 7.90. The number of aliphatic hydroxyl groups is 1. The number of aliphatic hydroxyl groups excluding tert-OH is 1. The van der Waals surface area contributed by atoms with E-state index in [-0.39, 0.29) is 35.2 Å². The second-order valence-corrected chi connectivity index (χ2v) is 13.5. The lowest BCUT2D eigenvalue weighted by atomic mass is 9.87. The fourth-order valence-corrected chi connectivity index (χ4v) is 6.62. The molecule has 0 radical (unpaired) electrons. The highest BCUT2D eigenvalue weighted by Crippen LogP contribution is 2.44. The maximum absolute atomic E-state index is 13.2. The number of likely N-dealkylation sites (N-methyl/N-ethyl adjacent to an activating group) is 1. The number of ether oxygens (including phenoxy) is 1. The van der Waals surface area contributed by atoms with Gasteiger partial charge in [0.2, 0.25) is 5.91 Å². The van der Waals surface area contributed by atoms with E-state index < -0.39 is 21.4 Å². The van der Waals surface area contributed by atoms with Gasteiger partial charge in [-0.05, 0) is 72.8 Å². The van der Waals surface area contributed by atoms with E-state index in [1.807, 2.05) is 35.2 Å². The number of amides is 1. The molecule has 3 aromatic rings. The maximum Gasteiger partial charge on any atom is 0.343 e. The molecule has 1 unspecified atom stereocenters. The van der Waals surface area contributed by atoms with Crippen LogP contribution in [0.4, 0.5) is 0 Å². The highest BCUT2D eigenvalue weighted by Gasteiger charge is 2.51. The first-order valence-corrected chi connectivity index (χ1v) is 15.9. The van der Waals surface area contributed by atoms with Gasteiger partial charge in [-0.25, -0.2) is 13.2 Å². The van der Waals surface area contributed by atoms with Crippen molar-refractivity contribution in [3.05, 3.63) is 94.2 Å². The van der Waals surface area contributed by atoms with E-state index in [9.17, 15) is 23.1 Å². The molecule has 0 saturated carbocycles. The van der Waals surface area contributed by atoms with Crippen molar-refractivity contribution in [3.63, 3.8) is 0 Å². The lowest BCUT2D eigenvalue weighted by Crippen LogP contribution is -2.52. The van der Waals surface area contributed by atoms with Gasteiger partial charge in [0.05, 0.1) is 11.4 Å². The molecule has 1 fully saturated rings. The van der Waals surface area contributed by atoms with Crippen LogP contribution in [0, 0.1) is 6.92 Å². The summed E-state index contributed by atoms with van der Waals surface area (Å²) in [5.41, 5.74) is 2.17. The molecule has 1 atom stereocenters. The van der Waals surface area contributed by atoms with Crippen molar-refractivity contribution in [1.82, 2.24) is 9.80 Å². The number of likely N-dealkylation sites (tertiary alicyclic amines) is 1. The zero-order valence-corrected chi connectivity index (χ0v) is 25.3. The quantitative estimate of drug-likeness (QED) is 0.375. The van der Waals surface area contributed by atoms with Crippen LogP contribution in [0.1, 0.15) is 29.5 Å². The van der Waals surface area contributed by atoms with Crippen LogP contribution in [0.15, 0.2) is 77.4 Å². The topological polar surface area (TPSA) is 104 Å². The van der Waals surface area contributed by atoms with Crippen molar-refractivity contribution < 1.29 is 27.9 Å². The predicted molar refractivity (Wildman–Crippen MR) is 162 cm³/mol. The third-order valence-corrected chi connectivity index (χ3v) is 9.32. The summed E-state index contributed by atoms with van der Waals surface area (Å²) in [6.07, 6.45) is 2.21. The van der Waals surface area contributed by atoms with E-state index >= 15 is 0 Å². The Morgan fingerprint density at radius 2 is 1.83 bits per heavy atom. The molecule has 220 valence electrons. The van der Waals surface area contributed by atoms with Gasteiger partial charge in [0.25, 0.3) is 0 Å². The van der Waals surface area contributed by atoms with Gasteiger partial charge in [-0.3, -0.25) is 9.69 Å². The third kappa shape index (κ3) is 5.95. The summed E-state index contributed by atoms with van der Waals surface area (Å²) in [5.74, 6) is -0.872. The normalized spacial score (nSPS) is 19.3. The second kappa shape index (κ2) is 11.6. The molecule has 0 bridgehead atoms. The van der Waals surface area contributed by atoms with Crippen molar-refractivity contribution in [1.29, 1.82) is 0 Å². The molecule has 0 aliphatic carbocycles. The number of piperidine rings is 1. The van der Waals surface area contributed by atoms with Crippen molar-refractivity contribution in [3.8, 4) is 11.1 Å². The average Bonchev–Trinajstić information content (AvgIpc) is 3.17. The molecule has 1 saturated heterocycles. The molecule has 2 aliphatic rings. The zero-order chi connectivity index (χ0) is 30.2. The maximum atomic E-state index is 13.2. The number of hydrogen-bond donors (Lipinski definition) is 1. The molecule has 1 N–H and O–H groups in total. The first-order chi connectivity index (χ1) is 19.9. The lowest BCUT2D eigenvalue weighted by Gasteiger charge is -2.39. The van der Waals surface area contributed by atoms with Gasteiger partial charge in [0.15, 0.2) is 21.2 Å². The summed E-state index contributed by atoms with van der Waals surface area (Å²) in [6.45, 7) is 3.25. The first kappa shape index (κ1) is 29.8. The van der Waals surface area contributed by atoms with Crippen molar-refractivity contribution in [2.45, 2.75) is 36.8 Å². The average molecular weight is 609 g/mol. The van der Waals surface area contributed by atoms with Crippen molar-refractivity contribution in [2.75, 3.05) is 32.9 Å². The standard InChI is InChI=1S/C32H33ClN2O6S/c1-21-15-26(23-11-7-12-24(16-23)42(3,39)40)27(33)17-25(21)29-30(37)32(41-31(29)38)13-8-14-35(20-32)19-28(36)34(2)18-22-9-5-4-6-10-22/h4-7,9-12,15-17,37H,8,13-14,18-20H2,1-3H3. The monoisotopic (exact) mass is 608 g/mol. The first-order valence-electron chi connectivity index (χ1n) is 13.7. The van der Waals surface area contributed by atoms with Crippen LogP contribution in [0.25, 0.3) is 16.7 Å². The summed E-state index contributed by atoms with van der Waals surface area (Å²) >= 11 is 6.67. The highest BCUT2D eigenvalue weighted by atomic mass is 35.5. The molecule has 3 aromatic carbocycles. The summed E-state index contributed by atoms with van der Waals surface area (Å²) < 4.78 is 30.0. The summed E-state index contributed by atoms with van der Waals surface area (Å²) in [4.78, 5) is 30.0. The Balaban J connectivity index is 1.39. The minimum atomic E-state index is -3.41. The van der Waals surface area contributed by atoms with Gasteiger partial charge >= 0.3 is 5.97 Å². The summed E-state index contributed by atoms with van der Waals surface area (Å²) in [7, 11) is -1.65. The number of sulfone groups is 1. The van der Waals surface area contributed by atoms with Crippen LogP contribution in [0.3, 0.4) is 0 Å². The SMILES string of the molecule is Cc1cc(-c2cccc(S(C)(=O)=O)c2)c(Cl)cc1C1=C(O)C2(CCCN(CC(=O)N(C)Cc3ccccc3)C2)OC1=O. The van der Waals surface area contributed by atoms with Gasteiger partial charge in [0.1, 0.15) is 5.57 Å². The number of rotatable bonds is 7. The number of nitrogens with zero attached hydrogens (tertiary/aromatic N) is 2. The van der Waals surface area contributed by atoms with E-state index in [0.29, 0.717) is 53.2 Å². The van der Waals surface area contributed by atoms with E-state index in [1.54, 1.807) is 49.2 Å². The smallest absolute Gasteiger partial charge is 0.343 e. The van der Waals surface area contributed by atoms with Crippen LogP contribution in [0.2, 0.25) is 5.02 Å². The Hall–Kier alpha value is -3.66. The Morgan fingerprint density at radius 3 is 2.55 bits per heavy atom. The molecule has 8 nitrogen and oxygen atoms in total. The van der Waals surface area contributed by atoms with Gasteiger partial charge in [-0.1, -0.05) is 54.1 Å². The van der Waals surface area contributed by atoms with Crippen LogP contribution in [0.5, 0.6) is 0 Å². The molecule has 10 heteroatoms. The van der Waals surface area contributed by atoms with Crippen molar-refractivity contribution >= 4 is 38.9 Å². The van der Waals surface area contributed by atoms with Gasteiger partial charge in [-0.15, -0.1) is 0 Å². The molecule has 1 amide bonds. The second-order valence-electron chi connectivity index (χ2n) is 11.1. The largest absolute Gasteiger partial charge is 0.507 e. The number of aryl methyl sites for hydroxylation is 1. The van der Waals surface area contributed by atoms with Gasteiger partial charge < -0.3 is 14.7 Å². The predicted octanol–water partition coefficient (Wildman–Crippen LogP) is 5.04. The number of carbonyl (C=O) groups is 2. The minimum Gasteiger partial charge on any atom is -0.507 e. The van der Waals surface area contributed by atoms with Gasteiger partial charge in [0, 0.05) is 37.0 Å². The molecule has 0 aromatic heterocycles. The molecule has 2 aliphatic heterocycles.